The number of phenols is 1. The average Bonchev–Trinajstić information content (AvgIpc) is 3.21. The van der Waals surface area contributed by atoms with E-state index in [1.54, 1.807) is 26.0 Å². The van der Waals surface area contributed by atoms with Crippen molar-refractivity contribution in [1.82, 2.24) is 10.6 Å². The highest BCUT2D eigenvalue weighted by molar-refractivity contribution is 5.81. The Bertz CT molecular complexity index is 1170. The van der Waals surface area contributed by atoms with E-state index >= 15 is 0 Å². The molecule has 0 saturated heterocycles. The summed E-state index contributed by atoms with van der Waals surface area (Å²) in [5.41, 5.74) is 2.27. The number of alkyl carbamates (subject to hydrolysis) is 1. The SMILES string of the molecule is Cc1ccc(O)c2c1[C@]1(CCNCOC(=O)C(Cc3ccccc3)NC(=O)OC(C)C)C=C[C@H](O)C[C@@H]1O2. The fraction of sp³-hybridized carbons (Fsp3) is 0.448. The largest absolute Gasteiger partial charge is 0.504 e. The maximum absolute atomic E-state index is 12.9. The number of carbonyl (C=O) groups excluding carboxylic acids is 2. The molecule has 0 aromatic heterocycles. The number of rotatable bonds is 10. The monoisotopic (exact) mass is 524 g/mol. The number of hydrogen-bond donors (Lipinski definition) is 4. The summed E-state index contributed by atoms with van der Waals surface area (Å²) in [4.78, 5) is 25.1. The van der Waals surface area contributed by atoms with E-state index < -0.39 is 29.6 Å². The second-order valence-electron chi connectivity index (χ2n) is 10.1. The highest BCUT2D eigenvalue weighted by Crippen LogP contribution is 2.54. The molecule has 4 rings (SSSR count). The van der Waals surface area contributed by atoms with Crippen LogP contribution >= 0.6 is 0 Å². The molecule has 1 amide bonds. The van der Waals surface area contributed by atoms with Crippen molar-refractivity contribution in [3.8, 4) is 11.5 Å². The van der Waals surface area contributed by atoms with Crippen LogP contribution in [0.3, 0.4) is 0 Å². The third-order valence-corrected chi connectivity index (χ3v) is 6.95. The number of aromatic hydroxyl groups is 1. The van der Waals surface area contributed by atoms with E-state index in [-0.39, 0.29) is 31.1 Å². The van der Waals surface area contributed by atoms with Gasteiger partial charge >= 0.3 is 12.1 Å². The zero-order chi connectivity index (χ0) is 27.3. The summed E-state index contributed by atoms with van der Waals surface area (Å²) in [6, 6.07) is 11.9. The average molecular weight is 525 g/mol. The molecule has 2 aliphatic rings. The van der Waals surface area contributed by atoms with Crippen LogP contribution in [-0.2, 0) is 26.1 Å². The van der Waals surface area contributed by atoms with Gasteiger partial charge in [-0.15, -0.1) is 0 Å². The number of nitrogens with one attached hydrogen (secondary N) is 2. The van der Waals surface area contributed by atoms with E-state index in [9.17, 15) is 19.8 Å². The molecule has 0 saturated carbocycles. The molecule has 2 aromatic carbocycles. The summed E-state index contributed by atoms with van der Waals surface area (Å²) in [6.45, 7) is 5.87. The molecule has 0 fully saturated rings. The molecule has 4 N–H and O–H groups in total. The van der Waals surface area contributed by atoms with Crippen molar-refractivity contribution in [3.05, 3.63) is 71.3 Å². The van der Waals surface area contributed by atoms with E-state index in [2.05, 4.69) is 10.6 Å². The standard InChI is InChI=1S/C29H36N2O7/c1-18(2)37-28(35)31-22(15-20-7-5-4-6-8-20)27(34)36-17-30-14-13-29-12-11-21(32)16-24(29)38-26-23(33)10-9-19(3)25(26)29/h4-12,18,21-22,24,30,32-33H,13-17H2,1-3H3,(H,31,35)/t21-,22?,24-,29-/m0/s1. The third-order valence-electron chi connectivity index (χ3n) is 6.95. The molecule has 2 aromatic rings. The van der Waals surface area contributed by atoms with Crippen LogP contribution < -0.4 is 15.4 Å². The number of aliphatic hydroxyl groups excluding tert-OH is 1. The first-order chi connectivity index (χ1) is 18.2. The van der Waals surface area contributed by atoms with Crippen LogP contribution in [0.15, 0.2) is 54.6 Å². The Hall–Kier alpha value is -3.56. The molecule has 0 spiro atoms. The van der Waals surface area contributed by atoms with Crippen LogP contribution in [0.2, 0.25) is 0 Å². The van der Waals surface area contributed by atoms with Gasteiger partial charge in [0.2, 0.25) is 0 Å². The summed E-state index contributed by atoms with van der Waals surface area (Å²) in [7, 11) is 0. The van der Waals surface area contributed by atoms with Gasteiger partial charge in [0.1, 0.15) is 18.9 Å². The van der Waals surface area contributed by atoms with Gasteiger partial charge in [-0.2, -0.15) is 0 Å². The number of hydrogen-bond acceptors (Lipinski definition) is 8. The molecule has 4 atom stereocenters. The second kappa shape index (κ2) is 11.9. The number of phenolic OH excluding ortho intramolecular Hbond substituents is 1. The van der Waals surface area contributed by atoms with Crippen LogP contribution in [0, 0.1) is 6.92 Å². The normalized spacial score (nSPS) is 22.2. The number of amides is 1. The number of benzene rings is 2. The van der Waals surface area contributed by atoms with Gasteiger partial charge in [0.25, 0.3) is 0 Å². The first-order valence-electron chi connectivity index (χ1n) is 12.9. The molecule has 204 valence electrons. The Balaban J connectivity index is 1.37. The van der Waals surface area contributed by atoms with E-state index in [0.717, 1.165) is 16.7 Å². The maximum atomic E-state index is 12.9. The van der Waals surface area contributed by atoms with Gasteiger partial charge in [0, 0.05) is 18.4 Å². The molecule has 0 bridgehead atoms. The Kier molecular flexibility index (Phi) is 8.58. The maximum Gasteiger partial charge on any atom is 0.408 e. The Morgan fingerprint density at radius 2 is 1.95 bits per heavy atom. The molecular formula is C29H36N2O7. The lowest BCUT2D eigenvalue weighted by Crippen LogP contribution is -2.46. The minimum absolute atomic E-state index is 0.0507. The molecule has 9 nitrogen and oxygen atoms in total. The predicted molar refractivity (Wildman–Crippen MR) is 141 cm³/mol. The minimum atomic E-state index is -0.906. The zero-order valence-corrected chi connectivity index (χ0v) is 22.0. The fourth-order valence-corrected chi connectivity index (χ4v) is 5.20. The quantitative estimate of drug-likeness (QED) is 0.162. The third kappa shape index (κ3) is 6.11. The Labute approximate surface area is 222 Å². The van der Waals surface area contributed by atoms with Crippen LogP contribution in [0.25, 0.3) is 0 Å². The molecule has 9 heteroatoms. The van der Waals surface area contributed by atoms with Crippen LogP contribution in [0.4, 0.5) is 4.79 Å². The van der Waals surface area contributed by atoms with Gasteiger partial charge in [-0.3, -0.25) is 5.32 Å². The topological polar surface area (TPSA) is 126 Å². The lowest BCUT2D eigenvalue weighted by molar-refractivity contribution is -0.146. The van der Waals surface area contributed by atoms with Crippen molar-refractivity contribution in [1.29, 1.82) is 0 Å². The zero-order valence-electron chi connectivity index (χ0n) is 22.0. The van der Waals surface area contributed by atoms with Gasteiger partial charge < -0.3 is 29.7 Å². The van der Waals surface area contributed by atoms with Gasteiger partial charge in [-0.05, 0) is 50.9 Å². The highest BCUT2D eigenvalue weighted by Gasteiger charge is 2.51. The van der Waals surface area contributed by atoms with Crippen molar-refractivity contribution in [2.24, 2.45) is 0 Å². The first kappa shape index (κ1) is 27.5. The minimum Gasteiger partial charge on any atom is -0.504 e. The van der Waals surface area contributed by atoms with E-state index in [0.29, 0.717) is 25.1 Å². The predicted octanol–water partition coefficient (Wildman–Crippen LogP) is 3.25. The number of esters is 1. The number of aliphatic hydroxyl groups is 1. The van der Waals surface area contributed by atoms with Crippen molar-refractivity contribution < 1.29 is 34.0 Å². The number of carbonyl (C=O) groups is 2. The van der Waals surface area contributed by atoms with Crippen LogP contribution in [0.1, 0.15) is 43.4 Å². The van der Waals surface area contributed by atoms with E-state index in [4.69, 9.17) is 14.2 Å². The van der Waals surface area contributed by atoms with Crippen LogP contribution in [0.5, 0.6) is 11.5 Å². The van der Waals surface area contributed by atoms with E-state index in [1.807, 2.05) is 49.4 Å². The summed E-state index contributed by atoms with van der Waals surface area (Å²) in [5, 5.41) is 26.3. The number of aryl methyl sites for hydroxylation is 1. The Morgan fingerprint density at radius 3 is 2.68 bits per heavy atom. The van der Waals surface area contributed by atoms with Crippen LogP contribution in [-0.4, -0.2) is 59.9 Å². The molecular weight excluding hydrogens is 488 g/mol. The summed E-state index contributed by atoms with van der Waals surface area (Å²) in [5.74, 6) is -0.0329. The van der Waals surface area contributed by atoms with Crippen molar-refractivity contribution in [2.45, 2.75) is 69.8 Å². The van der Waals surface area contributed by atoms with Crippen molar-refractivity contribution in [2.75, 3.05) is 13.3 Å². The van der Waals surface area contributed by atoms with Crippen molar-refractivity contribution in [3.63, 3.8) is 0 Å². The van der Waals surface area contributed by atoms with Gasteiger partial charge in [0.15, 0.2) is 11.5 Å². The number of ether oxygens (including phenoxy) is 3. The molecule has 1 unspecified atom stereocenters. The lowest BCUT2D eigenvalue weighted by Gasteiger charge is -2.36. The van der Waals surface area contributed by atoms with E-state index in [1.165, 1.54) is 0 Å². The molecule has 1 heterocycles. The summed E-state index contributed by atoms with van der Waals surface area (Å²) >= 11 is 0. The van der Waals surface area contributed by atoms with Gasteiger partial charge in [0.05, 0.1) is 17.6 Å². The second-order valence-corrected chi connectivity index (χ2v) is 10.1. The summed E-state index contributed by atoms with van der Waals surface area (Å²) in [6.07, 6.45) is 3.09. The lowest BCUT2D eigenvalue weighted by atomic mass is 9.68. The molecule has 1 aliphatic heterocycles. The fourth-order valence-electron chi connectivity index (χ4n) is 5.20. The first-order valence-corrected chi connectivity index (χ1v) is 12.9. The van der Waals surface area contributed by atoms with Gasteiger partial charge in [-0.25, -0.2) is 9.59 Å². The van der Waals surface area contributed by atoms with Crippen molar-refractivity contribution >= 4 is 12.1 Å². The molecule has 1 aliphatic carbocycles. The Morgan fingerprint density at radius 1 is 1.18 bits per heavy atom. The molecule has 0 radical (unpaired) electrons. The smallest absolute Gasteiger partial charge is 0.408 e. The molecule has 38 heavy (non-hydrogen) atoms. The van der Waals surface area contributed by atoms with Gasteiger partial charge in [-0.1, -0.05) is 48.6 Å². The highest BCUT2D eigenvalue weighted by atomic mass is 16.6. The number of fused-ring (bicyclic) bond motifs is 3. The summed E-state index contributed by atoms with van der Waals surface area (Å²) < 4.78 is 16.7.